The normalized spacial score (nSPS) is 15.2. The Labute approximate surface area is 146 Å². The van der Waals surface area contributed by atoms with Crippen molar-refractivity contribution in [2.45, 2.75) is 116 Å². The van der Waals surface area contributed by atoms with Crippen molar-refractivity contribution in [3.05, 3.63) is 30.2 Å². The summed E-state index contributed by atoms with van der Waals surface area (Å²) >= 11 is 0. The first-order chi connectivity index (χ1) is 11.4. The molecule has 1 aliphatic rings. The van der Waals surface area contributed by atoms with Gasteiger partial charge in [-0.15, -0.1) is 0 Å². The molecule has 0 N–H and O–H groups in total. The number of rotatable bonds is 16. The molecule has 1 radical (unpaired) electrons. The van der Waals surface area contributed by atoms with Crippen molar-refractivity contribution in [2.75, 3.05) is 0 Å². The minimum atomic E-state index is 1.29. The first-order valence-electron chi connectivity index (χ1n) is 10.6. The smallest absolute Gasteiger partial charge is 0.00243 e. The van der Waals surface area contributed by atoms with E-state index in [1.807, 2.05) is 0 Å². The maximum absolute atomic E-state index is 2.43. The van der Waals surface area contributed by atoms with E-state index in [0.717, 1.165) is 0 Å². The summed E-state index contributed by atoms with van der Waals surface area (Å²) in [5.74, 6) is 1.69. The Bertz CT molecular complexity index is 286. The van der Waals surface area contributed by atoms with E-state index in [2.05, 4.69) is 31.2 Å². The van der Waals surface area contributed by atoms with Crippen LogP contribution in [0.15, 0.2) is 24.3 Å². The van der Waals surface area contributed by atoms with Crippen molar-refractivity contribution in [2.24, 2.45) is 0 Å². The van der Waals surface area contributed by atoms with E-state index in [9.17, 15) is 0 Å². The molecule has 0 nitrogen and oxygen atoms in total. The molecule has 0 saturated heterocycles. The molecule has 1 aliphatic carbocycles. The van der Waals surface area contributed by atoms with E-state index < -0.39 is 0 Å². The molecule has 0 spiro atoms. The molecule has 0 atom stereocenters. The van der Waals surface area contributed by atoms with E-state index in [4.69, 9.17) is 0 Å². The van der Waals surface area contributed by atoms with Gasteiger partial charge in [0, 0.05) is 0 Å². The molecule has 0 heterocycles. The van der Waals surface area contributed by atoms with Gasteiger partial charge in [0.25, 0.3) is 0 Å². The fraction of sp³-hybridized carbons (Fsp3) is 0.783. The molecule has 0 aromatic rings. The molecule has 1 rings (SSSR count). The van der Waals surface area contributed by atoms with Crippen LogP contribution in [0.25, 0.3) is 0 Å². The maximum Gasteiger partial charge on any atom is -0.00243 e. The highest BCUT2D eigenvalue weighted by molar-refractivity contribution is 5.15. The molecule has 0 amide bonds. The highest BCUT2D eigenvalue weighted by Crippen LogP contribution is 2.25. The van der Waals surface area contributed by atoms with Gasteiger partial charge in [0.1, 0.15) is 0 Å². The summed E-state index contributed by atoms with van der Waals surface area (Å²) in [4.78, 5) is 0. The zero-order valence-electron chi connectivity index (χ0n) is 15.8. The van der Waals surface area contributed by atoms with Gasteiger partial charge in [0.05, 0.1) is 0 Å². The molecule has 0 aromatic carbocycles. The van der Waals surface area contributed by atoms with Gasteiger partial charge in [-0.25, -0.2) is 0 Å². The number of hydrogen-bond acceptors (Lipinski definition) is 0. The van der Waals surface area contributed by atoms with Gasteiger partial charge in [-0.3, -0.25) is 0 Å². The van der Waals surface area contributed by atoms with Crippen molar-refractivity contribution in [3.8, 4) is 0 Å². The second kappa shape index (κ2) is 16.3. The fourth-order valence-electron chi connectivity index (χ4n) is 3.41. The fourth-order valence-corrected chi connectivity index (χ4v) is 3.41. The third-order valence-corrected chi connectivity index (χ3v) is 5.00. The van der Waals surface area contributed by atoms with Crippen LogP contribution >= 0.6 is 0 Å². The molecule has 0 aliphatic heterocycles. The lowest BCUT2D eigenvalue weighted by molar-refractivity contribution is 0.584. The van der Waals surface area contributed by atoms with Crippen molar-refractivity contribution in [1.82, 2.24) is 0 Å². The van der Waals surface area contributed by atoms with Gasteiger partial charge in [0.2, 0.25) is 0 Å². The minimum absolute atomic E-state index is 1.29. The average molecular weight is 318 g/mol. The topological polar surface area (TPSA) is 0 Å². The zero-order chi connectivity index (χ0) is 16.4. The predicted octanol–water partition coefficient (Wildman–Crippen LogP) is 8.34. The molecule has 0 bridgehead atoms. The summed E-state index contributed by atoms with van der Waals surface area (Å²) in [7, 11) is 0. The lowest BCUT2D eigenvalue weighted by Gasteiger charge is -2.06. The van der Waals surface area contributed by atoms with E-state index >= 15 is 0 Å². The van der Waals surface area contributed by atoms with E-state index in [1.54, 1.807) is 5.92 Å². The van der Waals surface area contributed by atoms with Gasteiger partial charge in [-0.2, -0.15) is 0 Å². The predicted molar refractivity (Wildman–Crippen MR) is 106 cm³/mol. The highest BCUT2D eigenvalue weighted by atomic mass is 14.1. The van der Waals surface area contributed by atoms with Crippen LogP contribution in [0.2, 0.25) is 0 Å². The van der Waals surface area contributed by atoms with Crippen LogP contribution in [0.1, 0.15) is 116 Å². The van der Waals surface area contributed by atoms with Crippen LogP contribution in [0.5, 0.6) is 0 Å². The largest absolute Gasteiger partial charge is 0.0885 e. The van der Waals surface area contributed by atoms with Crippen molar-refractivity contribution >= 4 is 0 Å². The summed E-state index contributed by atoms with van der Waals surface area (Å²) in [6, 6.07) is 0. The molecule has 0 saturated carbocycles. The summed E-state index contributed by atoms with van der Waals surface area (Å²) in [5, 5.41) is 0. The standard InChI is InChI=1S/C23H41/c1-2-3-4-5-6-7-8-9-10-11-12-13-14-15-16-17-20-23-21-18-19-22-23/h9-10,18,21H,2-8,11-17,19-20,22H2,1H3. The SMILES string of the molecule is CCCCCCCCC=CCCCCCCCC[C]1C=CCC1. The Hall–Kier alpha value is -0.520. The Balaban J connectivity index is 1.70. The molecule has 0 unspecified atom stereocenters. The summed E-state index contributed by atoms with van der Waals surface area (Å²) < 4.78 is 0. The van der Waals surface area contributed by atoms with Crippen LogP contribution < -0.4 is 0 Å². The van der Waals surface area contributed by atoms with Gasteiger partial charge in [-0.05, 0) is 50.9 Å². The Morgan fingerprint density at radius 3 is 1.87 bits per heavy atom. The number of hydrogen-bond donors (Lipinski definition) is 0. The Kier molecular flexibility index (Phi) is 14.6. The van der Waals surface area contributed by atoms with Crippen molar-refractivity contribution in [1.29, 1.82) is 0 Å². The Morgan fingerprint density at radius 2 is 1.30 bits per heavy atom. The van der Waals surface area contributed by atoms with E-state index in [0.29, 0.717) is 0 Å². The molecule has 23 heavy (non-hydrogen) atoms. The number of unbranched alkanes of at least 4 members (excludes halogenated alkanes) is 12. The quantitative estimate of drug-likeness (QED) is 0.198. The third kappa shape index (κ3) is 13.6. The molecular formula is C23H41. The second-order valence-corrected chi connectivity index (χ2v) is 7.29. The van der Waals surface area contributed by atoms with Crippen LogP contribution in [-0.2, 0) is 0 Å². The van der Waals surface area contributed by atoms with Crippen LogP contribution in [0, 0.1) is 5.92 Å². The zero-order valence-corrected chi connectivity index (χ0v) is 15.8. The first-order valence-corrected chi connectivity index (χ1v) is 10.6. The molecule has 0 heteroatoms. The lowest BCUT2D eigenvalue weighted by atomic mass is 10.00. The minimum Gasteiger partial charge on any atom is -0.0885 e. The van der Waals surface area contributed by atoms with Crippen LogP contribution in [-0.4, -0.2) is 0 Å². The van der Waals surface area contributed by atoms with Crippen LogP contribution in [0.4, 0.5) is 0 Å². The van der Waals surface area contributed by atoms with E-state index in [1.165, 1.54) is 109 Å². The summed E-state index contributed by atoms with van der Waals surface area (Å²) in [5.41, 5.74) is 0. The first kappa shape index (κ1) is 20.5. The molecule has 0 aromatic heterocycles. The molecule has 0 fully saturated rings. The van der Waals surface area contributed by atoms with Gasteiger partial charge < -0.3 is 0 Å². The van der Waals surface area contributed by atoms with Gasteiger partial charge >= 0.3 is 0 Å². The van der Waals surface area contributed by atoms with Gasteiger partial charge in [0.15, 0.2) is 0 Å². The van der Waals surface area contributed by atoms with Crippen molar-refractivity contribution in [3.63, 3.8) is 0 Å². The average Bonchev–Trinajstić information content (AvgIpc) is 3.08. The van der Waals surface area contributed by atoms with E-state index in [-0.39, 0.29) is 0 Å². The Morgan fingerprint density at radius 1 is 0.739 bits per heavy atom. The second-order valence-electron chi connectivity index (χ2n) is 7.29. The molecular weight excluding hydrogens is 276 g/mol. The lowest BCUT2D eigenvalue weighted by Crippen LogP contribution is -1.89. The third-order valence-electron chi connectivity index (χ3n) is 5.00. The summed E-state index contributed by atoms with van der Waals surface area (Å²) in [6.45, 7) is 2.29. The monoisotopic (exact) mass is 317 g/mol. The highest BCUT2D eigenvalue weighted by Gasteiger charge is 2.08. The van der Waals surface area contributed by atoms with Crippen molar-refractivity contribution < 1.29 is 0 Å². The molecule has 133 valence electrons. The number of allylic oxidation sites excluding steroid dienone is 4. The van der Waals surface area contributed by atoms with Gasteiger partial charge in [-0.1, -0.05) is 95.4 Å². The summed E-state index contributed by atoms with van der Waals surface area (Å²) in [6.07, 6.45) is 33.2. The maximum atomic E-state index is 2.43. The van der Waals surface area contributed by atoms with Crippen LogP contribution in [0.3, 0.4) is 0 Å².